The van der Waals surface area contributed by atoms with Crippen LogP contribution in [0.25, 0.3) is 0 Å². The summed E-state index contributed by atoms with van der Waals surface area (Å²) in [6.45, 7) is 0.724. The highest BCUT2D eigenvalue weighted by molar-refractivity contribution is 5.82. The highest BCUT2D eigenvalue weighted by Gasteiger charge is 1.98. The van der Waals surface area contributed by atoms with E-state index in [1.165, 1.54) is 12.4 Å². The predicted molar refractivity (Wildman–Crippen MR) is 111 cm³/mol. The second-order valence-corrected chi connectivity index (χ2v) is 5.38. The van der Waals surface area contributed by atoms with Crippen LogP contribution in [0.15, 0.2) is 68.9 Å². The van der Waals surface area contributed by atoms with Crippen LogP contribution in [0.2, 0.25) is 0 Å². The molecular formula is C18H22N8O2. The lowest BCUT2D eigenvalue weighted by molar-refractivity contribution is 0.217. The third-order valence-corrected chi connectivity index (χ3v) is 3.10. The molecule has 10 nitrogen and oxygen atoms in total. The van der Waals surface area contributed by atoms with Crippen molar-refractivity contribution < 1.29 is 9.47 Å². The Morgan fingerprint density at radius 3 is 1.54 bits per heavy atom. The van der Waals surface area contributed by atoms with Gasteiger partial charge in [-0.2, -0.15) is 10.2 Å². The molecule has 0 aliphatic rings. The fourth-order valence-electron chi connectivity index (χ4n) is 2.01. The van der Waals surface area contributed by atoms with E-state index in [2.05, 4.69) is 20.4 Å². The molecule has 0 saturated heterocycles. The second kappa shape index (κ2) is 10.8. The average molecular weight is 382 g/mol. The van der Waals surface area contributed by atoms with Gasteiger partial charge in [-0.15, -0.1) is 10.2 Å². The maximum absolute atomic E-state index is 5.67. The van der Waals surface area contributed by atoms with Crippen LogP contribution in [0.3, 0.4) is 0 Å². The van der Waals surface area contributed by atoms with Crippen molar-refractivity contribution in [2.75, 3.05) is 13.2 Å². The minimum absolute atomic E-state index is 0.104. The number of rotatable bonds is 9. The molecule has 2 rings (SSSR count). The molecule has 0 aromatic heterocycles. The molecule has 0 radical (unpaired) electrons. The Morgan fingerprint density at radius 2 is 1.14 bits per heavy atom. The zero-order valence-corrected chi connectivity index (χ0v) is 15.1. The van der Waals surface area contributed by atoms with Crippen LogP contribution in [0.5, 0.6) is 11.5 Å². The van der Waals surface area contributed by atoms with Crippen molar-refractivity contribution in [1.29, 1.82) is 0 Å². The summed E-state index contributed by atoms with van der Waals surface area (Å²) in [5.41, 5.74) is 22.5. The van der Waals surface area contributed by atoms with E-state index >= 15 is 0 Å². The van der Waals surface area contributed by atoms with Gasteiger partial charge in [0.1, 0.15) is 24.7 Å². The Kier molecular flexibility index (Phi) is 7.81. The minimum Gasteiger partial charge on any atom is -0.490 e. The Labute approximate surface area is 162 Å². The molecule has 0 saturated carbocycles. The van der Waals surface area contributed by atoms with Crippen molar-refractivity contribution in [3.05, 3.63) is 59.7 Å². The number of nitrogens with zero attached hydrogens (tertiary/aromatic N) is 4. The molecule has 0 aliphatic carbocycles. The molecule has 0 fully saturated rings. The molecule has 0 atom stereocenters. The lowest BCUT2D eigenvalue weighted by atomic mass is 10.2. The van der Waals surface area contributed by atoms with Gasteiger partial charge in [0, 0.05) is 0 Å². The van der Waals surface area contributed by atoms with E-state index in [-0.39, 0.29) is 11.9 Å². The van der Waals surface area contributed by atoms with Crippen LogP contribution >= 0.6 is 0 Å². The maximum Gasteiger partial charge on any atom is 0.211 e. The molecule has 0 unspecified atom stereocenters. The normalized spacial score (nSPS) is 10.7. The summed E-state index contributed by atoms with van der Waals surface area (Å²) in [5, 5.41) is 14.6. The highest BCUT2D eigenvalue weighted by Crippen LogP contribution is 2.14. The first-order chi connectivity index (χ1) is 13.5. The van der Waals surface area contributed by atoms with Crippen molar-refractivity contribution in [3.63, 3.8) is 0 Å². The first kappa shape index (κ1) is 20.2. The van der Waals surface area contributed by atoms with Gasteiger partial charge in [-0.3, -0.25) is 0 Å². The zero-order chi connectivity index (χ0) is 20.2. The number of nitrogens with two attached hydrogens (primary N) is 4. The van der Waals surface area contributed by atoms with Crippen molar-refractivity contribution in [2.24, 2.45) is 43.3 Å². The van der Waals surface area contributed by atoms with Crippen LogP contribution in [0.1, 0.15) is 11.1 Å². The number of hydrogen-bond acceptors (Lipinski definition) is 6. The number of benzene rings is 2. The summed E-state index contributed by atoms with van der Waals surface area (Å²) >= 11 is 0. The van der Waals surface area contributed by atoms with Gasteiger partial charge in [0.15, 0.2) is 0 Å². The molecule has 146 valence electrons. The molecule has 2 aromatic carbocycles. The third-order valence-electron chi connectivity index (χ3n) is 3.10. The van der Waals surface area contributed by atoms with Crippen molar-refractivity contribution in [3.8, 4) is 11.5 Å². The van der Waals surface area contributed by atoms with Gasteiger partial charge in [-0.05, 0) is 35.4 Å². The van der Waals surface area contributed by atoms with Crippen molar-refractivity contribution >= 4 is 24.3 Å². The molecular weight excluding hydrogens is 360 g/mol. The van der Waals surface area contributed by atoms with E-state index in [0.29, 0.717) is 24.7 Å². The highest BCUT2D eigenvalue weighted by atomic mass is 16.5. The van der Waals surface area contributed by atoms with Gasteiger partial charge in [-0.1, -0.05) is 24.3 Å². The van der Waals surface area contributed by atoms with Crippen molar-refractivity contribution in [2.45, 2.75) is 0 Å². The first-order valence-electron chi connectivity index (χ1n) is 8.22. The molecule has 0 spiro atoms. The van der Waals surface area contributed by atoms with Gasteiger partial charge in [0.05, 0.1) is 12.4 Å². The Hall–Kier alpha value is -4.08. The molecule has 0 heterocycles. The average Bonchev–Trinajstić information content (AvgIpc) is 2.65. The molecule has 0 bridgehead atoms. The van der Waals surface area contributed by atoms with E-state index < -0.39 is 0 Å². The van der Waals surface area contributed by atoms with Gasteiger partial charge in [-0.25, -0.2) is 0 Å². The van der Waals surface area contributed by atoms with Gasteiger partial charge >= 0.3 is 0 Å². The van der Waals surface area contributed by atoms with Crippen LogP contribution in [-0.4, -0.2) is 37.6 Å². The lowest BCUT2D eigenvalue weighted by Crippen LogP contribution is -2.21. The molecule has 2 aromatic rings. The quantitative estimate of drug-likeness (QED) is 0.211. The van der Waals surface area contributed by atoms with Crippen LogP contribution < -0.4 is 32.4 Å². The molecule has 28 heavy (non-hydrogen) atoms. The summed E-state index contributed by atoms with van der Waals surface area (Å²) in [6, 6.07) is 14.7. The van der Waals surface area contributed by atoms with E-state index in [1.807, 2.05) is 48.5 Å². The summed E-state index contributed by atoms with van der Waals surface area (Å²) in [4.78, 5) is 0. The second-order valence-electron chi connectivity index (χ2n) is 5.38. The van der Waals surface area contributed by atoms with Gasteiger partial charge in [0.2, 0.25) is 11.9 Å². The molecule has 8 N–H and O–H groups in total. The largest absolute Gasteiger partial charge is 0.490 e. The molecule has 0 aliphatic heterocycles. The fourth-order valence-corrected chi connectivity index (χ4v) is 2.01. The number of ether oxygens (including phenoxy) is 2. The fraction of sp³-hybridized carbons (Fsp3) is 0.111. The summed E-state index contributed by atoms with van der Waals surface area (Å²) in [7, 11) is 0. The Morgan fingerprint density at radius 1 is 0.714 bits per heavy atom. The summed E-state index contributed by atoms with van der Waals surface area (Å²) in [5.74, 6) is 1.14. The minimum atomic E-state index is -0.104. The molecule has 0 amide bonds. The predicted octanol–water partition coefficient (Wildman–Crippen LogP) is 0.359. The zero-order valence-electron chi connectivity index (χ0n) is 15.1. The smallest absolute Gasteiger partial charge is 0.211 e. The molecule has 10 heteroatoms. The Bertz CT molecular complexity index is 811. The topological polar surface area (TPSA) is 172 Å². The third kappa shape index (κ3) is 7.87. The van der Waals surface area contributed by atoms with E-state index in [0.717, 1.165) is 11.1 Å². The van der Waals surface area contributed by atoms with E-state index in [4.69, 9.17) is 32.4 Å². The van der Waals surface area contributed by atoms with Crippen LogP contribution in [-0.2, 0) is 0 Å². The lowest BCUT2D eigenvalue weighted by Gasteiger charge is -2.09. The van der Waals surface area contributed by atoms with Gasteiger partial charge in [0.25, 0.3) is 0 Å². The first-order valence-corrected chi connectivity index (χ1v) is 8.22. The number of guanidine groups is 2. The van der Waals surface area contributed by atoms with Gasteiger partial charge < -0.3 is 32.4 Å². The van der Waals surface area contributed by atoms with Crippen LogP contribution in [0, 0.1) is 0 Å². The maximum atomic E-state index is 5.67. The Balaban J connectivity index is 1.83. The summed E-state index contributed by atoms with van der Waals surface area (Å²) in [6.07, 6.45) is 3.05. The van der Waals surface area contributed by atoms with E-state index in [9.17, 15) is 0 Å². The number of hydrogen-bond donors (Lipinski definition) is 4. The van der Waals surface area contributed by atoms with Crippen LogP contribution in [0.4, 0.5) is 0 Å². The summed E-state index contributed by atoms with van der Waals surface area (Å²) < 4.78 is 11.3. The van der Waals surface area contributed by atoms with E-state index in [1.54, 1.807) is 0 Å². The SMILES string of the molecule is NC(N)=N/N=C/c1cccc(OCCOc2cccc(/C=N/N=C(N)N)c2)c1. The van der Waals surface area contributed by atoms with Crippen molar-refractivity contribution in [1.82, 2.24) is 0 Å². The monoisotopic (exact) mass is 382 g/mol. The standard InChI is InChI=1S/C18H22N8O2/c19-17(20)25-23-11-13-3-1-5-15(9-13)27-7-8-28-16-6-2-4-14(10-16)12-24-26-18(21)22/h1-6,9-12H,7-8H2,(H4,19,20,25)(H4,21,22,26)/b23-11+,24-12+.